The van der Waals surface area contributed by atoms with E-state index in [0.29, 0.717) is 11.3 Å². The number of nitrogens with zero attached hydrogens (tertiary/aromatic N) is 1. The Morgan fingerprint density at radius 1 is 1.05 bits per heavy atom. The molecule has 7 heteroatoms. The number of nitrogens with one attached hydrogen (secondary N) is 1. The fourth-order valence-corrected chi connectivity index (χ4v) is 2.75. The van der Waals surface area contributed by atoms with Gasteiger partial charge in [-0.05, 0) is 24.3 Å². The van der Waals surface area contributed by atoms with Crippen LogP contribution in [-0.4, -0.2) is 18.0 Å². The van der Waals surface area contributed by atoms with Gasteiger partial charge in [-0.15, -0.1) is 0 Å². The maximum atomic E-state index is 11.6. The van der Waals surface area contributed by atoms with Crippen molar-refractivity contribution in [3.8, 4) is 11.5 Å². The third kappa shape index (κ3) is 2.85. The Labute approximate surface area is 127 Å². The van der Waals surface area contributed by atoms with E-state index in [1.165, 1.54) is 24.6 Å². The fourth-order valence-electron chi connectivity index (χ4n) is 2.08. The summed E-state index contributed by atoms with van der Waals surface area (Å²) in [6.45, 7) is 0. The van der Waals surface area contributed by atoms with Crippen LogP contribution in [0.2, 0.25) is 0 Å². The predicted molar refractivity (Wildman–Crippen MR) is 81.5 cm³/mol. The highest BCUT2D eigenvalue weighted by Crippen LogP contribution is 2.34. The van der Waals surface area contributed by atoms with E-state index in [1.807, 2.05) is 18.2 Å². The second kappa shape index (κ2) is 5.63. The van der Waals surface area contributed by atoms with Gasteiger partial charge < -0.3 is 9.73 Å². The highest BCUT2D eigenvalue weighted by atomic mass is 32.2. The number of anilines is 2. The number of aromatic nitrogens is 1. The largest absolute Gasteiger partial charge is 0.444 e. The van der Waals surface area contributed by atoms with Gasteiger partial charge in [-0.2, -0.15) is 8.42 Å². The first-order valence-corrected chi connectivity index (χ1v) is 7.82. The molecule has 1 heterocycles. The summed E-state index contributed by atoms with van der Waals surface area (Å²) in [5, 5.41) is 3.00. The van der Waals surface area contributed by atoms with Crippen LogP contribution in [0.25, 0.3) is 11.5 Å². The molecule has 0 saturated heterocycles. The van der Waals surface area contributed by atoms with Crippen molar-refractivity contribution in [2.24, 2.45) is 0 Å². The summed E-state index contributed by atoms with van der Waals surface area (Å²) in [4.78, 5) is 3.79. The summed E-state index contributed by atoms with van der Waals surface area (Å²) >= 11 is 0. The van der Waals surface area contributed by atoms with E-state index in [9.17, 15) is 13.0 Å². The second-order valence-corrected chi connectivity index (χ2v) is 5.87. The Balaban J connectivity index is 2.20. The molecular weight excluding hydrogens is 304 g/mol. The van der Waals surface area contributed by atoms with Crippen LogP contribution in [0.5, 0.6) is 0 Å². The molecule has 0 spiro atoms. The van der Waals surface area contributed by atoms with Gasteiger partial charge in [-0.3, -0.25) is 4.55 Å². The van der Waals surface area contributed by atoms with Crippen LogP contribution in [0.4, 0.5) is 11.4 Å². The molecule has 3 aromatic rings. The molecule has 0 radical (unpaired) electrons. The van der Waals surface area contributed by atoms with Gasteiger partial charge in [0.25, 0.3) is 10.1 Å². The molecule has 2 N–H and O–H groups in total. The summed E-state index contributed by atoms with van der Waals surface area (Å²) in [7, 11) is -4.40. The smallest absolute Gasteiger partial charge is 0.296 e. The van der Waals surface area contributed by atoms with Crippen molar-refractivity contribution in [1.29, 1.82) is 0 Å². The zero-order valence-electron chi connectivity index (χ0n) is 11.3. The number of hydrogen-bond acceptors (Lipinski definition) is 5. The molecule has 0 bridgehead atoms. The van der Waals surface area contributed by atoms with E-state index in [0.717, 1.165) is 0 Å². The average molecular weight is 316 g/mol. The SMILES string of the molecule is O=S(=O)(O)c1cccc(-c2ncco2)c1Nc1ccccc1. The van der Waals surface area contributed by atoms with Gasteiger partial charge in [0.05, 0.1) is 17.4 Å². The van der Waals surface area contributed by atoms with Crippen LogP contribution in [0, 0.1) is 0 Å². The Kier molecular flexibility index (Phi) is 3.66. The zero-order chi connectivity index (χ0) is 15.6. The first kappa shape index (κ1) is 14.3. The number of rotatable bonds is 4. The highest BCUT2D eigenvalue weighted by Gasteiger charge is 2.21. The van der Waals surface area contributed by atoms with Gasteiger partial charge in [0.15, 0.2) is 0 Å². The third-order valence-corrected chi connectivity index (χ3v) is 3.91. The minimum atomic E-state index is -4.40. The molecular formula is C15H12N2O4S. The summed E-state index contributed by atoms with van der Waals surface area (Å²) < 4.78 is 37.9. The molecule has 0 aliphatic heterocycles. The maximum absolute atomic E-state index is 11.6. The summed E-state index contributed by atoms with van der Waals surface area (Å²) in [5.41, 5.74) is 1.31. The van der Waals surface area contributed by atoms with E-state index < -0.39 is 10.1 Å². The number of oxazole rings is 1. The molecule has 0 aliphatic carbocycles. The molecule has 2 aromatic carbocycles. The van der Waals surface area contributed by atoms with Crippen LogP contribution < -0.4 is 5.32 Å². The van der Waals surface area contributed by atoms with Crippen molar-refractivity contribution in [3.63, 3.8) is 0 Å². The highest BCUT2D eigenvalue weighted by molar-refractivity contribution is 7.86. The van der Waals surface area contributed by atoms with Gasteiger partial charge >= 0.3 is 0 Å². The zero-order valence-corrected chi connectivity index (χ0v) is 12.1. The van der Waals surface area contributed by atoms with Crippen molar-refractivity contribution in [1.82, 2.24) is 4.98 Å². The van der Waals surface area contributed by atoms with E-state index in [4.69, 9.17) is 4.42 Å². The Morgan fingerprint density at radius 3 is 2.45 bits per heavy atom. The lowest BCUT2D eigenvalue weighted by Gasteiger charge is -2.13. The van der Waals surface area contributed by atoms with Crippen molar-refractivity contribution < 1.29 is 17.4 Å². The predicted octanol–water partition coefficient (Wildman–Crippen LogP) is 3.33. The van der Waals surface area contributed by atoms with E-state index >= 15 is 0 Å². The number of para-hydroxylation sites is 2. The molecule has 0 fully saturated rings. The van der Waals surface area contributed by atoms with Crippen LogP contribution >= 0.6 is 0 Å². The summed E-state index contributed by atoms with van der Waals surface area (Å²) in [6, 6.07) is 13.5. The van der Waals surface area contributed by atoms with Crippen LogP contribution in [0.15, 0.2) is 70.3 Å². The van der Waals surface area contributed by atoms with E-state index in [2.05, 4.69) is 10.3 Å². The van der Waals surface area contributed by atoms with Gasteiger partial charge in [0.2, 0.25) is 5.89 Å². The lowest BCUT2D eigenvalue weighted by molar-refractivity contribution is 0.483. The first-order chi connectivity index (χ1) is 10.6. The molecule has 3 rings (SSSR count). The van der Waals surface area contributed by atoms with Crippen LogP contribution in [-0.2, 0) is 10.1 Å². The minimum absolute atomic E-state index is 0.207. The Hall–Kier alpha value is -2.64. The maximum Gasteiger partial charge on any atom is 0.296 e. The summed E-state index contributed by atoms with van der Waals surface area (Å²) in [6.07, 6.45) is 2.85. The first-order valence-electron chi connectivity index (χ1n) is 6.38. The standard InChI is InChI=1S/C15H12N2O4S/c18-22(19,20)13-8-4-7-12(15-16-9-10-21-15)14(13)17-11-5-2-1-3-6-11/h1-10,17H,(H,18,19,20). The lowest BCUT2D eigenvalue weighted by atomic mass is 10.1. The molecule has 0 atom stereocenters. The second-order valence-electron chi connectivity index (χ2n) is 4.48. The summed E-state index contributed by atoms with van der Waals surface area (Å²) in [5.74, 6) is 0.254. The molecule has 0 saturated carbocycles. The fraction of sp³-hybridized carbons (Fsp3) is 0. The Morgan fingerprint density at radius 2 is 1.82 bits per heavy atom. The topological polar surface area (TPSA) is 92.4 Å². The normalized spacial score (nSPS) is 11.3. The molecule has 1 aromatic heterocycles. The number of benzene rings is 2. The van der Waals surface area contributed by atoms with Crippen LogP contribution in [0.1, 0.15) is 0 Å². The monoisotopic (exact) mass is 316 g/mol. The molecule has 6 nitrogen and oxygen atoms in total. The molecule has 22 heavy (non-hydrogen) atoms. The number of hydrogen-bond donors (Lipinski definition) is 2. The van der Waals surface area contributed by atoms with Gasteiger partial charge in [-0.1, -0.05) is 24.3 Å². The third-order valence-electron chi connectivity index (χ3n) is 3.01. The quantitative estimate of drug-likeness (QED) is 0.717. The molecule has 0 unspecified atom stereocenters. The lowest BCUT2D eigenvalue weighted by Crippen LogP contribution is -2.05. The van der Waals surface area contributed by atoms with Gasteiger partial charge in [-0.25, -0.2) is 4.98 Å². The van der Waals surface area contributed by atoms with Crippen LogP contribution in [0.3, 0.4) is 0 Å². The van der Waals surface area contributed by atoms with Crippen molar-refractivity contribution in [2.75, 3.05) is 5.32 Å². The van der Waals surface area contributed by atoms with E-state index in [1.54, 1.807) is 18.2 Å². The molecule has 112 valence electrons. The van der Waals surface area contributed by atoms with Crippen molar-refractivity contribution in [2.45, 2.75) is 4.90 Å². The van der Waals surface area contributed by atoms with Gasteiger partial charge in [0, 0.05) is 5.69 Å². The average Bonchev–Trinajstić information content (AvgIpc) is 3.01. The van der Waals surface area contributed by atoms with Gasteiger partial charge in [0.1, 0.15) is 11.2 Å². The molecule has 0 aliphatic rings. The molecule has 0 amide bonds. The van der Waals surface area contributed by atoms with E-state index in [-0.39, 0.29) is 16.5 Å². The minimum Gasteiger partial charge on any atom is -0.444 e. The van der Waals surface area contributed by atoms with Crippen molar-refractivity contribution >= 4 is 21.5 Å². The Bertz CT molecular complexity index is 875. The van der Waals surface area contributed by atoms with Crippen molar-refractivity contribution in [3.05, 3.63) is 61.0 Å².